The van der Waals surface area contributed by atoms with E-state index in [0.717, 1.165) is 6.07 Å². The summed E-state index contributed by atoms with van der Waals surface area (Å²) in [6, 6.07) is 23.0. The summed E-state index contributed by atoms with van der Waals surface area (Å²) in [6.45, 7) is 3.84. The Morgan fingerprint density at radius 3 is 2.18 bits per heavy atom. The van der Waals surface area contributed by atoms with Crippen molar-refractivity contribution in [3.63, 3.8) is 0 Å². The zero-order valence-electron chi connectivity index (χ0n) is 18.6. The molecule has 0 spiro atoms. The third-order valence-corrected chi connectivity index (χ3v) is 7.90. The molecule has 9 heteroatoms. The van der Waals surface area contributed by atoms with Gasteiger partial charge in [0, 0.05) is 11.1 Å². The molecular weight excluding hydrogens is 636 g/mol. The van der Waals surface area contributed by atoms with Crippen molar-refractivity contribution in [2.24, 2.45) is 0 Å². The summed E-state index contributed by atoms with van der Waals surface area (Å²) >= 11 is 0. The Balaban J connectivity index is 0.00000324. The molecule has 1 unspecified atom stereocenters. The molecule has 3 heterocycles. The molecule has 176 valence electrons. The van der Waals surface area contributed by atoms with Gasteiger partial charge in [0.1, 0.15) is 11.9 Å². The van der Waals surface area contributed by atoms with E-state index in [4.69, 9.17) is 4.98 Å². The van der Waals surface area contributed by atoms with E-state index in [-0.39, 0.29) is 32.3 Å². The first-order valence-electron chi connectivity index (χ1n) is 10.2. The fraction of sp³-hybridized carbons (Fsp3) is 0.160. The maximum absolute atomic E-state index is 14.2. The molecule has 3 aromatic heterocycles. The third kappa shape index (κ3) is 4.93. The largest absolute Gasteiger partial charge is 2.00 e. The zero-order valence-corrected chi connectivity index (χ0v) is 21.8. The second-order valence-electron chi connectivity index (χ2n) is 7.91. The second kappa shape index (κ2) is 10.3. The Morgan fingerprint density at radius 2 is 1.53 bits per heavy atom. The Bertz CT molecular complexity index is 1350. The summed E-state index contributed by atoms with van der Waals surface area (Å²) in [4.78, 5) is 12.5. The van der Waals surface area contributed by atoms with E-state index in [1.54, 1.807) is 42.5 Å². The number of nitrogens with zero attached hydrogens (tertiary/aromatic N) is 4. The van der Waals surface area contributed by atoms with Gasteiger partial charge in [-0.3, -0.25) is 9.97 Å². The summed E-state index contributed by atoms with van der Waals surface area (Å²) in [6.07, 6.45) is 0. The van der Waals surface area contributed by atoms with Gasteiger partial charge in [-0.05, 0) is 43.0 Å². The van der Waals surface area contributed by atoms with Crippen molar-refractivity contribution in [1.82, 2.24) is 15.0 Å². The molecule has 0 saturated carbocycles. The van der Waals surface area contributed by atoms with Crippen molar-refractivity contribution in [2.75, 3.05) is 7.05 Å². The maximum Gasteiger partial charge on any atom is 2.00 e. The fourth-order valence-electron chi connectivity index (χ4n) is 3.53. The normalized spacial score (nSPS) is 13.1. The fourth-order valence-corrected chi connectivity index (χ4v) is 5.33. The number of pyridine rings is 3. The van der Waals surface area contributed by atoms with Gasteiger partial charge < -0.3 is 14.6 Å². The minimum atomic E-state index is -3.27. The maximum atomic E-state index is 14.2. The molecule has 4 rings (SSSR count). The second-order valence-corrected chi connectivity index (χ2v) is 10.4. The van der Waals surface area contributed by atoms with E-state index in [2.05, 4.69) is 21.1 Å². The van der Waals surface area contributed by atoms with E-state index in [9.17, 15) is 13.3 Å². The molecule has 0 fully saturated rings. The van der Waals surface area contributed by atoms with Crippen molar-refractivity contribution in [3.05, 3.63) is 107 Å². The van der Waals surface area contributed by atoms with E-state index in [0.29, 0.717) is 22.1 Å². The first-order chi connectivity index (χ1) is 15.8. The van der Waals surface area contributed by atoms with Gasteiger partial charge in [0.05, 0.1) is 18.4 Å². The first-order valence-corrected chi connectivity index (χ1v) is 11.9. The number of halogens is 2. The number of rotatable bonds is 6. The molecule has 1 aromatic carbocycles. The van der Waals surface area contributed by atoms with E-state index < -0.39 is 24.6 Å². The summed E-state index contributed by atoms with van der Waals surface area (Å²) in [5, 5.41) is 4.82. The van der Waals surface area contributed by atoms with Crippen molar-refractivity contribution in [1.29, 1.82) is 0 Å². The van der Waals surface area contributed by atoms with E-state index in [1.807, 2.05) is 38.1 Å². The Hall–Kier alpha value is -2.59. The number of hydrogen-bond acceptors (Lipinski definition) is 4. The molecular formula is C25H21F2N4OPPt. The summed E-state index contributed by atoms with van der Waals surface area (Å²) in [5.41, 5.74) is 1.15. The van der Waals surface area contributed by atoms with Crippen LogP contribution in [0, 0.1) is 18.0 Å². The Labute approximate surface area is 211 Å². The molecule has 0 aliphatic heterocycles. The van der Waals surface area contributed by atoms with Crippen LogP contribution in [0.3, 0.4) is 0 Å². The molecule has 0 bridgehead atoms. The molecule has 1 atom stereocenters. The van der Waals surface area contributed by atoms with E-state index >= 15 is 0 Å². The molecule has 0 amide bonds. The van der Waals surface area contributed by atoms with Crippen LogP contribution in [0.5, 0.6) is 0 Å². The number of aromatic nitrogens is 3. The van der Waals surface area contributed by atoms with Gasteiger partial charge in [0.25, 0.3) is 0 Å². The zero-order chi connectivity index (χ0) is 23.6. The molecule has 0 saturated heterocycles. The van der Waals surface area contributed by atoms with Crippen LogP contribution >= 0.6 is 7.29 Å². The standard InChI is InChI=1S/C25H21F2N4OP.Pt/c1-25(2,20-12-7-11-19(29-20)18-15-16-22(26)31-24(18)27)21-13-8-14-23(30-21)33(32,28-3)17-9-5-4-6-10-17;/h4-14,16H,1-3H3;/q-2;+2. The van der Waals surface area contributed by atoms with Crippen LogP contribution in [0.15, 0.2) is 72.8 Å². The van der Waals surface area contributed by atoms with Gasteiger partial charge in [-0.1, -0.05) is 60.2 Å². The van der Waals surface area contributed by atoms with Crippen LogP contribution in [0.2, 0.25) is 0 Å². The van der Waals surface area contributed by atoms with Crippen LogP contribution in [-0.4, -0.2) is 22.0 Å². The predicted octanol–water partition coefficient (Wildman–Crippen LogP) is 5.17. The minimum Gasteiger partial charge on any atom is -0.597 e. The van der Waals surface area contributed by atoms with Gasteiger partial charge in [-0.2, -0.15) is 7.05 Å². The topological polar surface area (TPSA) is 69.8 Å². The van der Waals surface area contributed by atoms with Gasteiger partial charge in [0.15, 0.2) is 0 Å². The molecule has 0 aliphatic rings. The third-order valence-electron chi connectivity index (χ3n) is 5.47. The van der Waals surface area contributed by atoms with Crippen LogP contribution in [0.1, 0.15) is 25.2 Å². The van der Waals surface area contributed by atoms with Crippen LogP contribution in [-0.2, 0) is 31.0 Å². The van der Waals surface area contributed by atoms with Crippen molar-refractivity contribution < 1.29 is 34.4 Å². The molecule has 0 aliphatic carbocycles. The SMILES string of the molecule is C[N-]P(=O)(c1ccccc1)c1cccc(C(C)(C)c2cccc(-c3[c-]cc(F)nc3F)n2)n1.[Pt+2]. The van der Waals surface area contributed by atoms with Crippen molar-refractivity contribution in [3.8, 4) is 11.3 Å². The number of hydrogen-bond donors (Lipinski definition) is 0. The first kappa shape index (κ1) is 26.0. The van der Waals surface area contributed by atoms with Crippen LogP contribution in [0.4, 0.5) is 8.78 Å². The number of benzene rings is 1. The molecule has 5 nitrogen and oxygen atoms in total. The minimum absolute atomic E-state index is 0. The van der Waals surface area contributed by atoms with Crippen LogP contribution < -0.4 is 10.7 Å². The molecule has 34 heavy (non-hydrogen) atoms. The van der Waals surface area contributed by atoms with Gasteiger partial charge >= 0.3 is 21.1 Å². The molecule has 4 aromatic rings. The predicted molar refractivity (Wildman–Crippen MR) is 125 cm³/mol. The molecule has 0 radical (unpaired) electrons. The van der Waals surface area contributed by atoms with Gasteiger partial charge in [-0.25, -0.2) is 8.78 Å². The molecule has 0 N–H and O–H groups in total. The summed E-state index contributed by atoms with van der Waals surface area (Å²) < 4.78 is 41.2. The van der Waals surface area contributed by atoms with E-state index in [1.165, 1.54) is 7.05 Å². The van der Waals surface area contributed by atoms with Gasteiger partial charge in [0.2, 0.25) is 0 Å². The van der Waals surface area contributed by atoms with Gasteiger partial charge in [-0.15, -0.1) is 6.07 Å². The smallest absolute Gasteiger partial charge is 0.597 e. The summed E-state index contributed by atoms with van der Waals surface area (Å²) in [5.74, 6) is -1.93. The Morgan fingerprint density at radius 1 is 0.882 bits per heavy atom. The average Bonchev–Trinajstić information content (AvgIpc) is 2.84. The quantitative estimate of drug-likeness (QED) is 0.163. The van der Waals surface area contributed by atoms with Crippen LogP contribution in [0.25, 0.3) is 16.3 Å². The summed E-state index contributed by atoms with van der Waals surface area (Å²) in [7, 11) is -1.74. The van der Waals surface area contributed by atoms with Crippen molar-refractivity contribution in [2.45, 2.75) is 19.3 Å². The monoisotopic (exact) mass is 657 g/mol. The Kier molecular flexibility index (Phi) is 7.92. The van der Waals surface area contributed by atoms with Crippen molar-refractivity contribution >= 4 is 18.0 Å². The average molecular weight is 658 g/mol.